The van der Waals surface area contributed by atoms with Crippen LogP contribution in [0.1, 0.15) is 6.42 Å². The number of ether oxygens (including phenoxy) is 1. The summed E-state index contributed by atoms with van der Waals surface area (Å²) in [5, 5.41) is 0. The van der Waals surface area contributed by atoms with Gasteiger partial charge in [0, 0.05) is 43.8 Å². The summed E-state index contributed by atoms with van der Waals surface area (Å²) in [5.41, 5.74) is 0. The molecule has 0 aliphatic carbocycles. The Hall–Kier alpha value is -2.24. The molecule has 0 amide bonds. The van der Waals surface area contributed by atoms with Gasteiger partial charge in [-0.2, -0.15) is 0 Å². The molecule has 98 valence electrons. The average Bonchev–Trinajstić information content (AvgIpc) is 2.96. The third-order valence-electron chi connectivity index (χ3n) is 3.17. The van der Waals surface area contributed by atoms with E-state index in [0.717, 1.165) is 25.3 Å². The molecular formula is C13H15N5O. The number of rotatable bonds is 4. The van der Waals surface area contributed by atoms with Crippen molar-refractivity contribution in [1.29, 1.82) is 0 Å². The van der Waals surface area contributed by atoms with Crippen molar-refractivity contribution < 1.29 is 4.74 Å². The van der Waals surface area contributed by atoms with Gasteiger partial charge in [0.25, 0.3) is 0 Å². The van der Waals surface area contributed by atoms with Crippen LogP contribution < -0.4 is 9.64 Å². The first kappa shape index (κ1) is 11.8. The molecule has 0 spiro atoms. The highest BCUT2D eigenvalue weighted by molar-refractivity contribution is 5.36. The number of hydrogen-bond donors (Lipinski definition) is 0. The van der Waals surface area contributed by atoms with E-state index >= 15 is 0 Å². The molecule has 19 heavy (non-hydrogen) atoms. The Morgan fingerprint density at radius 3 is 2.68 bits per heavy atom. The Kier molecular flexibility index (Phi) is 3.49. The average molecular weight is 257 g/mol. The van der Waals surface area contributed by atoms with E-state index in [9.17, 15) is 0 Å². The maximum absolute atomic E-state index is 5.64. The van der Waals surface area contributed by atoms with Gasteiger partial charge in [-0.3, -0.25) is 9.97 Å². The lowest BCUT2D eigenvalue weighted by Crippen LogP contribution is -2.22. The van der Waals surface area contributed by atoms with Crippen molar-refractivity contribution in [3.8, 4) is 5.88 Å². The fourth-order valence-corrected chi connectivity index (χ4v) is 2.19. The predicted octanol–water partition coefficient (Wildman–Crippen LogP) is 1.17. The van der Waals surface area contributed by atoms with Crippen LogP contribution in [0.3, 0.4) is 0 Å². The summed E-state index contributed by atoms with van der Waals surface area (Å²) in [7, 11) is 0. The maximum atomic E-state index is 5.64. The molecule has 6 nitrogen and oxygen atoms in total. The molecule has 1 fully saturated rings. The Labute approximate surface area is 111 Å². The molecule has 0 aromatic carbocycles. The largest absolute Gasteiger partial charge is 0.476 e. The van der Waals surface area contributed by atoms with Gasteiger partial charge < -0.3 is 9.64 Å². The number of nitrogens with zero attached hydrogens (tertiary/aromatic N) is 5. The van der Waals surface area contributed by atoms with Gasteiger partial charge in [0.05, 0.1) is 19.0 Å². The van der Waals surface area contributed by atoms with Crippen molar-refractivity contribution >= 4 is 5.82 Å². The van der Waals surface area contributed by atoms with E-state index in [1.807, 2.05) is 0 Å². The second-order valence-corrected chi connectivity index (χ2v) is 4.52. The van der Waals surface area contributed by atoms with Gasteiger partial charge in [0.15, 0.2) is 0 Å². The molecule has 3 rings (SSSR count). The molecule has 1 aliphatic rings. The smallest absolute Gasteiger partial charge is 0.232 e. The minimum Gasteiger partial charge on any atom is -0.476 e. The first-order chi connectivity index (χ1) is 9.42. The molecule has 6 heteroatoms. The van der Waals surface area contributed by atoms with Crippen LogP contribution in [0.5, 0.6) is 5.88 Å². The van der Waals surface area contributed by atoms with Gasteiger partial charge in [-0.25, -0.2) is 9.97 Å². The topological polar surface area (TPSA) is 64.0 Å². The van der Waals surface area contributed by atoms with E-state index in [1.54, 1.807) is 37.2 Å². The van der Waals surface area contributed by atoms with Crippen LogP contribution in [-0.4, -0.2) is 39.6 Å². The van der Waals surface area contributed by atoms with E-state index in [2.05, 4.69) is 24.8 Å². The Bertz CT molecular complexity index is 507. The van der Waals surface area contributed by atoms with Crippen LogP contribution in [0.15, 0.2) is 37.2 Å². The summed E-state index contributed by atoms with van der Waals surface area (Å²) >= 11 is 0. The molecule has 0 N–H and O–H groups in total. The van der Waals surface area contributed by atoms with Gasteiger partial charge in [-0.1, -0.05) is 0 Å². The molecule has 1 saturated heterocycles. The number of anilines is 1. The van der Waals surface area contributed by atoms with E-state index in [1.165, 1.54) is 0 Å². The summed E-state index contributed by atoms with van der Waals surface area (Å²) in [6.07, 6.45) is 11.2. The quantitative estimate of drug-likeness (QED) is 0.819. The van der Waals surface area contributed by atoms with Gasteiger partial charge >= 0.3 is 0 Å². The molecule has 1 unspecified atom stereocenters. The first-order valence-electron chi connectivity index (χ1n) is 6.31. The molecular weight excluding hydrogens is 242 g/mol. The normalized spacial score (nSPS) is 18.5. The Morgan fingerprint density at radius 1 is 1.11 bits per heavy atom. The second kappa shape index (κ2) is 5.60. The molecule has 3 heterocycles. The Balaban J connectivity index is 1.52. The highest BCUT2D eigenvalue weighted by Crippen LogP contribution is 2.21. The fraction of sp³-hybridized carbons (Fsp3) is 0.385. The molecule has 2 aromatic rings. The van der Waals surface area contributed by atoms with Gasteiger partial charge in [-0.15, -0.1) is 0 Å². The molecule has 0 bridgehead atoms. The van der Waals surface area contributed by atoms with Crippen molar-refractivity contribution in [2.75, 3.05) is 24.6 Å². The van der Waals surface area contributed by atoms with E-state index in [-0.39, 0.29) is 0 Å². The molecule has 2 aromatic heterocycles. The second-order valence-electron chi connectivity index (χ2n) is 4.52. The summed E-state index contributed by atoms with van der Waals surface area (Å²) in [6, 6.07) is 0. The van der Waals surface area contributed by atoms with Crippen LogP contribution in [-0.2, 0) is 0 Å². The van der Waals surface area contributed by atoms with Crippen LogP contribution in [0.4, 0.5) is 5.82 Å². The summed E-state index contributed by atoms with van der Waals surface area (Å²) < 4.78 is 5.64. The summed E-state index contributed by atoms with van der Waals surface area (Å²) in [5.74, 6) is 2.01. The third-order valence-corrected chi connectivity index (χ3v) is 3.17. The van der Waals surface area contributed by atoms with Crippen LogP contribution in [0, 0.1) is 5.92 Å². The molecule has 1 aliphatic heterocycles. The van der Waals surface area contributed by atoms with Crippen molar-refractivity contribution in [2.45, 2.75) is 6.42 Å². The minimum absolute atomic E-state index is 0.490. The highest BCUT2D eigenvalue weighted by Gasteiger charge is 2.24. The predicted molar refractivity (Wildman–Crippen MR) is 69.9 cm³/mol. The van der Waals surface area contributed by atoms with Gasteiger partial charge in [0.1, 0.15) is 5.82 Å². The van der Waals surface area contributed by atoms with Crippen molar-refractivity contribution in [1.82, 2.24) is 19.9 Å². The molecule has 0 saturated carbocycles. The van der Waals surface area contributed by atoms with Crippen LogP contribution in [0.25, 0.3) is 0 Å². The zero-order valence-electron chi connectivity index (χ0n) is 10.5. The third kappa shape index (κ3) is 2.96. The van der Waals surface area contributed by atoms with Crippen LogP contribution >= 0.6 is 0 Å². The zero-order valence-corrected chi connectivity index (χ0v) is 10.5. The molecule has 0 radical (unpaired) electrons. The zero-order chi connectivity index (χ0) is 12.9. The lowest BCUT2D eigenvalue weighted by Gasteiger charge is -2.16. The minimum atomic E-state index is 0.490. The van der Waals surface area contributed by atoms with E-state index < -0.39 is 0 Å². The monoisotopic (exact) mass is 257 g/mol. The van der Waals surface area contributed by atoms with Crippen molar-refractivity contribution in [3.05, 3.63) is 37.2 Å². The van der Waals surface area contributed by atoms with Gasteiger partial charge in [0.2, 0.25) is 5.88 Å². The highest BCUT2D eigenvalue weighted by atomic mass is 16.5. The number of hydrogen-bond acceptors (Lipinski definition) is 6. The standard InChI is InChI=1S/C13H15N5O/c1-6-18(12-7-14-2-4-16-12)9-11(1)10-19-13-8-15-3-5-17-13/h2-5,7-8,11H,1,6,9-10H2. The van der Waals surface area contributed by atoms with Crippen LogP contribution in [0.2, 0.25) is 0 Å². The lowest BCUT2D eigenvalue weighted by atomic mass is 10.1. The fourth-order valence-electron chi connectivity index (χ4n) is 2.19. The van der Waals surface area contributed by atoms with Crippen molar-refractivity contribution in [2.24, 2.45) is 5.92 Å². The summed E-state index contributed by atoms with van der Waals surface area (Å²) in [6.45, 7) is 2.60. The summed E-state index contributed by atoms with van der Waals surface area (Å²) in [4.78, 5) is 18.7. The lowest BCUT2D eigenvalue weighted by molar-refractivity contribution is 0.251. The maximum Gasteiger partial charge on any atom is 0.232 e. The first-order valence-corrected chi connectivity index (χ1v) is 6.31. The number of aromatic nitrogens is 4. The molecule has 1 atom stereocenters. The van der Waals surface area contributed by atoms with E-state index in [0.29, 0.717) is 18.4 Å². The SMILES string of the molecule is c1cnc(OCC2CCN(c3cnccn3)C2)cn1. The Morgan fingerprint density at radius 2 is 1.95 bits per heavy atom. The van der Waals surface area contributed by atoms with E-state index in [4.69, 9.17) is 4.74 Å². The van der Waals surface area contributed by atoms with Gasteiger partial charge in [-0.05, 0) is 6.42 Å². The van der Waals surface area contributed by atoms with Crippen molar-refractivity contribution in [3.63, 3.8) is 0 Å².